The maximum absolute atomic E-state index is 9.73. The van der Waals surface area contributed by atoms with Crippen LogP contribution in [0.3, 0.4) is 0 Å². The molecule has 0 radical (unpaired) electrons. The van der Waals surface area contributed by atoms with Gasteiger partial charge in [0.1, 0.15) is 6.23 Å². The number of ether oxygens (including phenoxy) is 1. The molecular formula is C3H8N2O2. The Labute approximate surface area is 41.4 Å². The summed E-state index contributed by atoms with van der Waals surface area (Å²) in [6.07, 6.45) is -1.44. The second-order valence-electron chi connectivity index (χ2n) is 1.14. The fourth-order valence-electron chi connectivity index (χ4n) is 0.183. The number of hydrogen-bond donors (Lipinski definition) is 2. The Bertz CT molecular complexity index is 71.3. The monoisotopic (exact) mass is 104 g/mol. The van der Waals surface area contributed by atoms with E-state index in [0.29, 0.717) is 0 Å². The quantitative estimate of drug-likeness (QED) is 0.435. The van der Waals surface area contributed by atoms with Crippen molar-refractivity contribution in [2.24, 2.45) is 11.5 Å². The van der Waals surface area contributed by atoms with Gasteiger partial charge < -0.3 is 10.5 Å². The molecule has 4 nitrogen and oxygen atoms in total. The van der Waals surface area contributed by atoms with Crippen LogP contribution in [0.15, 0.2) is 0 Å². The number of primary amides is 1. The van der Waals surface area contributed by atoms with Crippen LogP contribution in [-0.2, 0) is 4.74 Å². The minimum atomic E-state index is -0.838. The SMILES string of the molecule is C[C@H](N)OC(N)=O. The predicted molar refractivity (Wildman–Crippen MR) is 24.3 cm³/mol. The maximum Gasteiger partial charge on any atom is 0.406 e. The van der Waals surface area contributed by atoms with Gasteiger partial charge in [0.2, 0.25) is 0 Å². The van der Waals surface area contributed by atoms with Crippen LogP contribution in [0.4, 0.5) is 4.79 Å². The third-order valence-corrected chi connectivity index (χ3v) is 0.302. The normalized spacial score (nSPS) is 12.9. The molecule has 0 fully saturated rings. The Morgan fingerprint density at radius 3 is 2.29 bits per heavy atom. The molecule has 42 valence electrons. The van der Waals surface area contributed by atoms with Crippen molar-refractivity contribution in [2.45, 2.75) is 13.2 Å². The lowest BCUT2D eigenvalue weighted by Gasteiger charge is -2.01. The van der Waals surface area contributed by atoms with E-state index in [2.05, 4.69) is 10.5 Å². The highest BCUT2D eigenvalue weighted by atomic mass is 16.6. The van der Waals surface area contributed by atoms with Crippen molar-refractivity contribution >= 4 is 6.09 Å². The first-order valence-corrected chi connectivity index (χ1v) is 1.84. The average Bonchev–Trinajstić information content (AvgIpc) is 1.27. The number of amides is 1. The zero-order valence-electron chi connectivity index (χ0n) is 4.05. The van der Waals surface area contributed by atoms with E-state index in [1.165, 1.54) is 6.92 Å². The molecule has 0 rings (SSSR count). The van der Waals surface area contributed by atoms with Crippen molar-refractivity contribution in [2.75, 3.05) is 0 Å². The fraction of sp³-hybridized carbons (Fsp3) is 0.667. The summed E-state index contributed by atoms with van der Waals surface area (Å²) in [6.45, 7) is 1.52. The van der Waals surface area contributed by atoms with E-state index in [4.69, 9.17) is 5.73 Å². The van der Waals surface area contributed by atoms with Gasteiger partial charge in [-0.25, -0.2) is 4.79 Å². The molecule has 0 aliphatic rings. The van der Waals surface area contributed by atoms with Crippen molar-refractivity contribution in [3.05, 3.63) is 0 Å². The standard InChI is InChI=1S/C3H8N2O2/c1-2(4)7-3(5)6/h2H,4H2,1H3,(H2,5,6)/t2-/m1/s1. The highest BCUT2D eigenvalue weighted by Crippen LogP contribution is 1.75. The number of hydrogen-bond acceptors (Lipinski definition) is 3. The van der Waals surface area contributed by atoms with Crippen molar-refractivity contribution in [3.63, 3.8) is 0 Å². The first kappa shape index (κ1) is 6.23. The Balaban J connectivity index is 3.13. The fourth-order valence-corrected chi connectivity index (χ4v) is 0.183. The van der Waals surface area contributed by atoms with Gasteiger partial charge in [-0.05, 0) is 6.92 Å². The van der Waals surface area contributed by atoms with Gasteiger partial charge in [-0.1, -0.05) is 0 Å². The number of nitrogens with two attached hydrogens (primary N) is 2. The summed E-state index contributed by atoms with van der Waals surface area (Å²) in [6, 6.07) is 0. The molecule has 0 saturated heterocycles. The molecule has 0 aromatic rings. The van der Waals surface area contributed by atoms with E-state index in [1.807, 2.05) is 0 Å². The van der Waals surface area contributed by atoms with Gasteiger partial charge in [0.25, 0.3) is 0 Å². The second kappa shape index (κ2) is 2.41. The lowest BCUT2D eigenvalue weighted by atomic mass is 10.7. The lowest BCUT2D eigenvalue weighted by Crippen LogP contribution is -2.26. The molecule has 0 bridgehead atoms. The summed E-state index contributed by atoms with van der Waals surface area (Å²) in [7, 11) is 0. The van der Waals surface area contributed by atoms with Gasteiger partial charge in [0.05, 0.1) is 0 Å². The van der Waals surface area contributed by atoms with Gasteiger partial charge >= 0.3 is 6.09 Å². The Morgan fingerprint density at radius 1 is 1.86 bits per heavy atom. The summed E-state index contributed by atoms with van der Waals surface area (Å²) >= 11 is 0. The van der Waals surface area contributed by atoms with Crippen LogP contribution < -0.4 is 11.5 Å². The summed E-state index contributed by atoms with van der Waals surface area (Å²) in [5.74, 6) is 0. The molecular weight excluding hydrogens is 96.0 g/mol. The number of rotatable bonds is 1. The highest BCUT2D eigenvalue weighted by molar-refractivity contribution is 5.64. The summed E-state index contributed by atoms with van der Waals surface area (Å²) in [4.78, 5) is 9.73. The number of carbonyl (C=O) groups excluding carboxylic acids is 1. The smallest absolute Gasteiger partial charge is 0.406 e. The summed E-state index contributed by atoms with van der Waals surface area (Å²) in [5.41, 5.74) is 9.52. The molecule has 0 saturated carbocycles. The molecule has 4 heteroatoms. The lowest BCUT2D eigenvalue weighted by molar-refractivity contribution is 0.119. The highest BCUT2D eigenvalue weighted by Gasteiger charge is 1.94. The van der Waals surface area contributed by atoms with Gasteiger partial charge in [-0.3, -0.25) is 5.73 Å². The number of carbonyl (C=O) groups is 1. The molecule has 0 aliphatic carbocycles. The third-order valence-electron chi connectivity index (χ3n) is 0.302. The molecule has 7 heavy (non-hydrogen) atoms. The van der Waals surface area contributed by atoms with Crippen molar-refractivity contribution in [1.29, 1.82) is 0 Å². The van der Waals surface area contributed by atoms with Crippen LogP contribution in [-0.4, -0.2) is 12.3 Å². The van der Waals surface area contributed by atoms with Gasteiger partial charge in [0.15, 0.2) is 0 Å². The maximum atomic E-state index is 9.73. The van der Waals surface area contributed by atoms with Crippen LogP contribution in [0.25, 0.3) is 0 Å². The zero-order valence-corrected chi connectivity index (χ0v) is 4.05. The van der Waals surface area contributed by atoms with E-state index in [9.17, 15) is 4.79 Å². The van der Waals surface area contributed by atoms with E-state index >= 15 is 0 Å². The van der Waals surface area contributed by atoms with Crippen molar-refractivity contribution in [1.82, 2.24) is 0 Å². The molecule has 1 amide bonds. The van der Waals surface area contributed by atoms with Crippen LogP contribution in [0, 0.1) is 0 Å². The molecule has 0 aliphatic heterocycles. The molecule has 1 atom stereocenters. The van der Waals surface area contributed by atoms with E-state index in [-0.39, 0.29) is 0 Å². The first-order chi connectivity index (χ1) is 3.13. The first-order valence-electron chi connectivity index (χ1n) is 1.84. The second-order valence-corrected chi connectivity index (χ2v) is 1.14. The Kier molecular flexibility index (Phi) is 2.15. The van der Waals surface area contributed by atoms with Crippen LogP contribution in [0.1, 0.15) is 6.92 Å². The van der Waals surface area contributed by atoms with Crippen molar-refractivity contribution < 1.29 is 9.53 Å². The van der Waals surface area contributed by atoms with Crippen molar-refractivity contribution in [3.8, 4) is 0 Å². The average molecular weight is 104 g/mol. The van der Waals surface area contributed by atoms with Gasteiger partial charge in [-0.2, -0.15) is 0 Å². The van der Waals surface area contributed by atoms with E-state index in [0.717, 1.165) is 0 Å². The van der Waals surface area contributed by atoms with Gasteiger partial charge in [-0.15, -0.1) is 0 Å². The minimum absolute atomic E-state index is 0.600. The summed E-state index contributed by atoms with van der Waals surface area (Å²) in [5, 5.41) is 0. The largest absolute Gasteiger partial charge is 0.431 e. The van der Waals surface area contributed by atoms with Crippen LogP contribution in [0.2, 0.25) is 0 Å². The predicted octanol–water partition coefficient (Wildman–Crippen LogP) is -0.614. The molecule has 4 N–H and O–H groups in total. The van der Waals surface area contributed by atoms with Gasteiger partial charge in [0, 0.05) is 0 Å². The molecule has 0 aromatic heterocycles. The topological polar surface area (TPSA) is 78.3 Å². The molecule has 0 aromatic carbocycles. The Morgan fingerprint density at radius 2 is 2.29 bits per heavy atom. The molecule has 0 spiro atoms. The molecule has 0 heterocycles. The molecule has 0 unspecified atom stereocenters. The summed E-state index contributed by atoms with van der Waals surface area (Å²) < 4.78 is 4.17. The third kappa shape index (κ3) is 5.23. The van der Waals surface area contributed by atoms with Crippen LogP contribution >= 0.6 is 0 Å². The Hall–Kier alpha value is -0.770. The zero-order chi connectivity index (χ0) is 5.86. The van der Waals surface area contributed by atoms with E-state index in [1.54, 1.807) is 0 Å². The van der Waals surface area contributed by atoms with E-state index < -0.39 is 12.3 Å². The minimum Gasteiger partial charge on any atom is -0.431 e. The van der Waals surface area contributed by atoms with Crippen LogP contribution in [0.5, 0.6) is 0 Å².